The summed E-state index contributed by atoms with van der Waals surface area (Å²) in [5, 5.41) is 2.82. The van der Waals surface area contributed by atoms with E-state index in [-0.39, 0.29) is 23.3 Å². The molecule has 0 spiro atoms. The van der Waals surface area contributed by atoms with Gasteiger partial charge >= 0.3 is 0 Å². The number of nitrogens with one attached hydrogen (secondary N) is 1. The number of hydrogen-bond acceptors (Lipinski definition) is 4. The lowest BCUT2D eigenvalue weighted by molar-refractivity contribution is -0.00303. The van der Waals surface area contributed by atoms with Crippen molar-refractivity contribution in [3.63, 3.8) is 0 Å². The fourth-order valence-corrected chi connectivity index (χ4v) is 2.31. The van der Waals surface area contributed by atoms with Gasteiger partial charge in [-0.05, 0) is 19.4 Å². The van der Waals surface area contributed by atoms with Gasteiger partial charge in [-0.1, -0.05) is 6.92 Å². The number of amides is 1. The Hall–Kier alpha value is -1.69. The smallest absolute Gasteiger partial charge is 0.257 e. The van der Waals surface area contributed by atoms with E-state index in [1.807, 2.05) is 13.8 Å². The number of rotatable bonds is 4. The fraction of sp³-hybridized carbons (Fsp3) is 0.571. The van der Waals surface area contributed by atoms with Gasteiger partial charge in [-0.2, -0.15) is 0 Å². The average Bonchev–Trinajstić information content (AvgIpc) is 2.49. The molecule has 0 aromatic carbocycles. The van der Waals surface area contributed by atoms with Crippen molar-refractivity contribution in [1.29, 1.82) is 0 Å². The molecule has 6 heteroatoms. The molecule has 1 N–H and O–H groups in total. The number of morpholine rings is 1. The first-order valence-electron chi connectivity index (χ1n) is 6.96. The van der Waals surface area contributed by atoms with Crippen LogP contribution in [0.1, 0.15) is 30.6 Å². The first kappa shape index (κ1) is 14.7. The molecule has 1 atom stereocenters. The number of ether oxygens (including phenoxy) is 1. The van der Waals surface area contributed by atoms with E-state index >= 15 is 0 Å². The molecule has 0 radical (unpaired) electrons. The summed E-state index contributed by atoms with van der Waals surface area (Å²) in [6.07, 6.45) is 2.24. The summed E-state index contributed by atoms with van der Waals surface area (Å²) in [5.41, 5.74) is 0.0660. The van der Waals surface area contributed by atoms with Gasteiger partial charge in [-0.15, -0.1) is 0 Å². The van der Waals surface area contributed by atoms with Gasteiger partial charge in [0, 0.05) is 19.3 Å². The molecule has 110 valence electrons. The molecule has 1 unspecified atom stereocenters. The molecular formula is C14H20FN3O2. The van der Waals surface area contributed by atoms with E-state index in [9.17, 15) is 9.18 Å². The van der Waals surface area contributed by atoms with Crippen LogP contribution in [0, 0.1) is 5.82 Å². The number of hydrogen-bond donors (Lipinski definition) is 1. The molecule has 2 rings (SSSR count). The Morgan fingerprint density at radius 1 is 1.60 bits per heavy atom. The van der Waals surface area contributed by atoms with Crippen molar-refractivity contribution in [3.05, 3.63) is 23.6 Å². The number of anilines is 1. The summed E-state index contributed by atoms with van der Waals surface area (Å²) in [6, 6.07) is 1.44. The molecule has 1 aliphatic rings. The standard InChI is InChI=1S/C14H20FN3O2/c1-3-10-9-20-8-7-18(10)14(19)11-5-6-17-13(12(11)15)16-4-2/h5-6,10H,3-4,7-9H2,1-2H3,(H,16,17). The van der Waals surface area contributed by atoms with Crippen LogP contribution in [0.5, 0.6) is 0 Å². The van der Waals surface area contributed by atoms with Crippen molar-refractivity contribution in [2.75, 3.05) is 31.6 Å². The molecule has 0 aliphatic carbocycles. The predicted octanol–water partition coefficient (Wildman–Crippen LogP) is 1.90. The van der Waals surface area contributed by atoms with Gasteiger partial charge in [0.15, 0.2) is 11.6 Å². The Bertz CT molecular complexity index is 481. The maximum Gasteiger partial charge on any atom is 0.257 e. The zero-order valence-electron chi connectivity index (χ0n) is 11.9. The van der Waals surface area contributed by atoms with Gasteiger partial charge in [0.1, 0.15) is 0 Å². The monoisotopic (exact) mass is 281 g/mol. The van der Waals surface area contributed by atoms with Crippen molar-refractivity contribution >= 4 is 11.7 Å². The molecule has 1 aromatic rings. The summed E-state index contributed by atoms with van der Waals surface area (Å²) < 4.78 is 19.7. The second kappa shape index (κ2) is 6.65. The lowest BCUT2D eigenvalue weighted by atomic mass is 10.1. The number of carbonyl (C=O) groups is 1. The van der Waals surface area contributed by atoms with Crippen LogP contribution in [0.2, 0.25) is 0 Å². The Morgan fingerprint density at radius 2 is 2.40 bits per heavy atom. The van der Waals surface area contributed by atoms with Gasteiger partial charge in [0.2, 0.25) is 0 Å². The number of halogens is 1. The summed E-state index contributed by atoms with van der Waals surface area (Å²) >= 11 is 0. The van der Waals surface area contributed by atoms with Gasteiger partial charge < -0.3 is 15.0 Å². The average molecular weight is 281 g/mol. The van der Waals surface area contributed by atoms with E-state index < -0.39 is 5.82 Å². The summed E-state index contributed by atoms with van der Waals surface area (Å²) in [7, 11) is 0. The van der Waals surface area contributed by atoms with Gasteiger partial charge in [0.05, 0.1) is 24.8 Å². The number of pyridine rings is 1. The molecule has 1 fully saturated rings. The summed E-state index contributed by atoms with van der Waals surface area (Å²) in [5.74, 6) is -0.750. The molecule has 5 nitrogen and oxygen atoms in total. The van der Waals surface area contributed by atoms with Gasteiger partial charge in [0.25, 0.3) is 5.91 Å². The third kappa shape index (κ3) is 2.90. The fourth-order valence-electron chi connectivity index (χ4n) is 2.31. The maximum atomic E-state index is 14.3. The highest BCUT2D eigenvalue weighted by atomic mass is 19.1. The topological polar surface area (TPSA) is 54.5 Å². The number of nitrogens with zero attached hydrogens (tertiary/aromatic N) is 2. The minimum Gasteiger partial charge on any atom is -0.377 e. The van der Waals surface area contributed by atoms with Crippen LogP contribution in [0.15, 0.2) is 12.3 Å². The Labute approximate surface area is 118 Å². The third-order valence-corrected chi connectivity index (χ3v) is 3.42. The van der Waals surface area contributed by atoms with Crippen molar-refractivity contribution in [3.8, 4) is 0 Å². The van der Waals surface area contributed by atoms with Crippen LogP contribution in [0.25, 0.3) is 0 Å². The highest BCUT2D eigenvalue weighted by Gasteiger charge is 2.29. The van der Waals surface area contributed by atoms with E-state index in [2.05, 4.69) is 10.3 Å². The van der Waals surface area contributed by atoms with Crippen LogP contribution in [-0.2, 0) is 4.74 Å². The largest absolute Gasteiger partial charge is 0.377 e. The zero-order valence-corrected chi connectivity index (χ0v) is 11.9. The SMILES string of the molecule is CCNc1nccc(C(=O)N2CCOCC2CC)c1F. The number of aromatic nitrogens is 1. The molecule has 1 amide bonds. The highest BCUT2D eigenvalue weighted by Crippen LogP contribution is 2.20. The minimum atomic E-state index is -0.583. The zero-order chi connectivity index (χ0) is 14.5. The maximum absolute atomic E-state index is 14.3. The molecule has 20 heavy (non-hydrogen) atoms. The van der Waals surface area contributed by atoms with Crippen LogP contribution >= 0.6 is 0 Å². The van der Waals surface area contributed by atoms with Crippen molar-refractivity contribution in [2.45, 2.75) is 26.3 Å². The third-order valence-electron chi connectivity index (χ3n) is 3.42. The van der Waals surface area contributed by atoms with Crippen LogP contribution in [0.3, 0.4) is 0 Å². The van der Waals surface area contributed by atoms with Crippen molar-refractivity contribution in [2.24, 2.45) is 0 Å². The van der Waals surface area contributed by atoms with Crippen LogP contribution in [0.4, 0.5) is 10.2 Å². The molecule has 0 bridgehead atoms. The molecule has 0 saturated carbocycles. The Morgan fingerprint density at radius 3 is 3.10 bits per heavy atom. The summed E-state index contributed by atoms with van der Waals surface area (Å²) in [4.78, 5) is 18.1. The minimum absolute atomic E-state index is 0.00593. The normalized spacial score (nSPS) is 18.9. The van der Waals surface area contributed by atoms with E-state index in [4.69, 9.17) is 4.74 Å². The molecule has 2 heterocycles. The highest BCUT2D eigenvalue weighted by molar-refractivity contribution is 5.95. The lowest BCUT2D eigenvalue weighted by Crippen LogP contribution is -2.48. The molecular weight excluding hydrogens is 261 g/mol. The lowest BCUT2D eigenvalue weighted by Gasteiger charge is -2.35. The molecule has 1 aromatic heterocycles. The van der Waals surface area contributed by atoms with Gasteiger partial charge in [-0.25, -0.2) is 9.37 Å². The summed E-state index contributed by atoms with van der Waals surface area (Å²) in [6.45, 7) is 5.90. The Balaban J connectivity index is 2.26. The van der Waals surface area contributed by atoms with E-state index in [0.717, 1.165) is 6.42 Å². The first-order chi connectivity index (χ1) is 9.69. The van der Waals surface area contributed by atoms with E-state index in [1.165, 1.54) is 12.3 Å². The first-order valence-corrected chi connectivity index (χ1v) is 6.96. The van der Waals surface area contributed by atoms with Crippen LogP contribution in [-0.4, -0.2) is 48.1 Å². The molecule has 1 aliphatic heterocycles. The Kier molecular flexibility index (Phi) is 4.89. The predicted molar refractivity (Wildman–Crippen MR) is 74.3 cm³/mol. The second-order valence-corrected chi connectivity index (χ2v) is 4.69. The second-order valence-electron chi connectivity index (χ2n) is 4.69. The van der Waals surface area contributed by atoms with Crippen LogP contribution < -0.4 is 5.32 Å². The van der Waals surface area contributed by atoms with E-state index in [1.54, 1.807) is 4.90 Å². The van der Waals surface area contributed by atoms with Crippen molar-refractivity contribution in [1.82, 2.24) is 9.88 Å². The molecule has 1 saturated heterocycles. The van der Waals surface area contributed by atoms with Crippen molar-refractivity contribution < 1.29 is 13.9 Å². The van der Waals surface area contributed by atoms with Gasteiger partial charge in [-0.3, -0.25) is 4.79 Å². The number of carbonyl (C=O) groups excluding carboxylic acids is 1. The van der Waals surface area contributed by atoms with E-state index in [0.29, 0.717) is 26.3 Å². The quantitative estimate of drug-likeness (QED) is 0.916.